The SMILES string of the molecule is CCOC(=O)/C(=C\C(=O)OC)Nc1ccc(OC)cc1. The van der Waals surface area contributed by atoms with Gasteiger partial charge in [-0.05, 0) is 31.2 Å². The summed E-state index contributed by atoms with van der Waals surface area (Å²) in [5, 5.41) is 2.81. The maximum absolute atomic E-state index is 11.7. The molecule has 0 heterocycles. The van der Waals surface area contributed by atoms with E-state index in [2.05, 4.69) is 10.1 Å². The topological polar surface area (TPSA) is 73.9 Å². The lowest BCUT2D eigenvalue weighted by atomic mass is 10.3. The number of hydrogen-bond acceptors (Lipinski definition) is 6. The highest BCUT2D eigenvalue weighted by Crippen LogP contribution is 2.17. The number of carbonyl (C=O) groups is 2. The molecule has 20 heavy (non-hydrogen) atoms. The van der Waals surface area contributed by atoms with E-state index in [1.54, 1.807) is 38.3 Å². The van der Waals surface area contributed by atoms with Gasteiger partial charge in [-0.2, -0.15) is 0 Å². The van der Waals surface area contributed by atoms with Gasteiger partial charge < -0.3 is 19.5 Å². The van der Waals surface area contributed by atoms with Gasteiger partial charge in [0.1, 0.15) is 11.4 Å². The summed E-state index contributed by atoms with van der Waals surface area (Å²) in [4.78, 5) is 23.0. The number of nitrogens with one attached hydrogen (secondary N) is 1. The summed E-state index contributed by atoms with van der Waals surface area (Å²) in [5.74, 6) is -0.590. The molecule has 1 rings (SSSR count). The minimum absolute atomic E-state index is 0.00358. The Morgan fingerprint density at radius 1 is 1.20 bits per heavy atom. The van der Waals surface area contributed by atoms with E-state index in [1.165, 1.54) is 7.11 Å². The van der Waals surface area contributed by atoms with Crippen LogP contribution in [0.2, 0.25) is 0 Å². The number of esters is 2. The van der Waals surface area contributed by atoms with Crippen LogP contribution in [0.25, 0.3) is 0 Å². The Kier molecular flexibility index (Phi) is 6.09. The van der Waals surface area contributed by atoms with E-state index in [-0.39, 0.29) is 12.3 Å². The minimum Gasteiger partial charge on any atom is -0.497 e. The predicted octanol–water partition coefficient (Wildman–Crippen LogP) is 1.73. The highest BCUT2D eigenvalue weighted by molar-refractivity contribution is 5.98. The van der Waals surface area contributed by atoms with Crippen LogP contribution in [-0.4, -0.2) is 32.8 Å². The van der Waals surface area contributed by atoms with Gasteiger partial charge in [0.2, 0.25) is 0 Å². The molecule has 0 aliphatic carbocycles. The Labute approximate surface area is 117 Å². The molecule has 6 nitrogen and oxygen atoms in total. The van der Waals surface area contributed by atoms with Crippen LogP contribution in [0.15, 0.2) is 36.0 Å². The number of carbonyl (C=O) groups excluding carboxylic acids is 2. The van der Waals surface area contributed by atoms with E-state index in [4.69, 9.17) is 9.47 Å². The third kappa shape index (κ3) is 4.64. The molecule has 0 bridgehead atoms. The summed E-state index contributed by atoms with van der Waals surface area (Å²) >= 11 is 0. The Bertz CT molecular complexity index is 493. The zero-order valence-electron chi connectivity index (χ0n) is 11.6. The second-order valence-corrected chi connectivity index (χ2v) is 3.66. The van der Waals surface area contributed by atoms with Crippen LogP contribution in [0, 0.1) is 0 Å². The third-order valence-corrected chi connectivity index (χ3v) is 2.33. The van der Waals surface area contributed by atoms with Crippen molar-refractivity contribution in [2.75, 3.05) is 26.1 Å². The molecule has 0 fully saturated rings. The first-order chi connectivity index (χ1) is 9.60. The zero-order chi connectivity index (χ0) is 15.0. The summed E-state index contributed by atoms with van der Waals surface area (Å²) in [6.07, 6.45) is 1.04. The fourth-order valence-electron chi connectivity index (χ4n) is 1.36. The maximum atomic E-state index is 11.7. The van der Waals surface area contributed by atoms with E-state index >= 15 is 0 Å². The van der Waals surface area contributed by atoms with Crippen molar-refractivity contribution in [3.05, 3.63) is 36.0 Å². The van der Waals surface area contributed by atoms with Crippen LogP contribution in [-0.2, 0) is 19.1 Å². The highest BCUT2D eigenvalue weighted by Gasteiger charge is 2.13. The van der Waals surface area contributed by atoms with Crippen molar-refractivity contribution in [1.29, 1.82) is 0 Å². The Balaban J connectivity index is 2.90. The van der Waals surface area contributed by atoms with E-state index in [0.717, 1.165) is 6.08 Å². The summed E-state index contributed by atoms with van der Waals surface area (Å²) in [7, 11) is 2.79. The van der Waals surface area contributed by atoms with Crippen molar-refractivity contribution in [1.82, 2.24) is 0 Å². The Morgan fingerprint density at radius 2 is 1.85 bits per heavy atom. The third-order valence-electron chi connectivity index (χ3n) is 2.33. The van der Waals surface area contributed by atoms with Gasteiger partial charge in [0, 0.05) is 5.69 Å². The van der Waals surface area contributed by atoms with Gasteiger partial charge >= 0.3 is 11.9 Å². The van der Waals surface area contributed by atoms with E-state index in [0.29, 0.717) is 11.4 Å². The maximum Gasteiger partial charge on any atom is 0.355 e. The largest absolute Gasteiger partial charge is 0.497 e. The van der Waals surface area contributed by atoms with Crippen LogP contribution in [0.3, 0.4) is 0 Å². The fourth-order valence-corrected chi connectivity index (χ4v) is 1.36. The highest BCUT2D eigenvalue weighted by atomic mass is 16.5. The first kappa shape index (κ1) is 15.6. The summed E-state index contributed by atoms with van der Waals surface area (Å²) in [6, 6.07) is 6.87. The second kappa shape index (κ2) is 7.83. The van der Waals surface area contributed by atoms with Crippen LogP contribution in [0.4, 0.5) is 5.69 Å². The van der Waals surface area contributed by atoms with Crippen molar-refractivity contribution >= 4 is 17.6 Å². The monoisotopic (exact) mass is 279 g/mol. The molecule has 108 valence electrons. The lowest BCUT2D eigenvalue weighted by molar-refractivity contribution is -0.140. The van der Waals surface area contributed by atoms with Gasteiger partial charge in [0.25, 0.3) is 0 Å². The molecule has 1 aromatic carbocycles. The Morgan fingerprint density at radius 3 is 2.35 bits per heavy atom. The summed E-state index contributed by atoms with van der Waals surface area (Å²) in [5.41, 5.74) is 0.623. The average Bonchev–Trinajstić information content (AvgIpc) is 2.47. The first-order valence-corrected chi connectivity index (χ1v) is 5.98. The van der Waals surface area contributed by atoms with Crippen LogP contribution >= 0.6 is 0 Å². The van der Waals surface area contributed by atoms with Crippen molar-refractivity contribution < 1.29 is 23.8 Å². The molecule has 1 aromatic rings. The molecule has 0 atom stereocenters. The Hall–Kier alpha value is -2.50. The van der Waals surface area contributed by atoms with Gasteiger partial charge in [-0.1, -0.05) is 0 Å². The molecule has 0 unspecified atom stereocenters. The number of hydrogen-bond donors (Lipinski definition) is 1. The molecular formula is C14H17NO5. The fraction of sp³-hybridized carbons (Fsp3) is 0.286. The lowest BCUT2D eigenvalue weighted by Gasteiger charge is -2.10. The molecule has 0 amide bonds. The zero-order valence-corrected chi connectivity index (χ0v) is 11.6. The van der Waals surface area contributed by atoms with E-state index in [1.807, 2.05) is 0 Å². The van der Waals surface area contributed by atoms with Crippen molar-refractivity contribution in [2.45, 2.75) is 6.92 Å². The van der Waals surface area contributed by atoms with Gasteiger partial charge in [0.15, 0.2) is 0 Å². The van der Waals surface area contributed by atoms with Gasteiger partial charge in [-0.3, -0.25) is 0 Å². The molecule has 0 aromatic heterocycles. The molecule has 1 N–H and O–H groups in total. The number of methoxy groups -OCH3 is 2. The summed E-state index contributed by atoms with van der Waals surface area (Å²) in [6.45, 7) is 1.89. The van der Waals surface area contributed by atoms with Gasteiger partial charge in [-0.25, -0.2) is 9.59 Å². The molecule has 0 saturated carbocycles. The number of benzene rings is 1. The summed E-state index contributed by atoms with van der Waals surface area (Å²) < 4.78 is 14.4. The first-order valence-electron chi connectivity index (χ1n) is 5.98. The molecule has 0 aliphatic rings. The predicted molar refractivity (Wildman–Crippen MR) is 73.3 cm³/mol. The van der Waals surface area contributed by atoms with Crippen LogP contribution in [0.1, 0.15) is 6.92 Å². The molecule has 6 heteroatoms. The lowest BCUT2D eigenvalue weighted by Crippen LogP contribution is -2.16. The van der Waals surface area contributed by atoms with Crippen molar-refractivity contribution in [2.24, 2.45) is 0 Å². The van der Waals surface area contributed by atoms with E-state index in [9.17, 15) is 9.59 Å². The van der Waals surface area contributed by atoms with E-state index < -0.39 is 11.9 Å². The molecule has 0 aliphatic heterocycles. The molecule has 0 saturated heterocycles. The van der Waals surface area contributed by atoms with Crippen LogP contribution in [0.5, 0.6) is 5.75 Å². The standard InChI is InChI=1S/C14H17NO5/c1-4-20-14(17)12(9-13(16)19-3)15-10-5-7-11(18-2)8-6-10/h5-9,15H,4H2,1-3H3/b12-9+. The van der Waals surface area contributed by atoms with Gasteiger partial charge in [0.05, 0.1) is 26.9 Å². The average molecular weight is 279 g/mol. The molecule has 0 spiro atoms. The normalized spacial score (nSPS) is 10.7. The van der Waals surface area contributed by atoms with Gasteiger partial charge in [-0.15, -0.1) is 0 Å². The quantitative estimate of drug-likeness (QED) is 0.631. The number of anilines is 1. The van der Waals surface area contributed by atoms with Crippen LogP contribution < -0.4 is 10.1 Å². The molecule has 0 radical (unpaired) electrons. The minimum atomic E-state index is -0.644. The number of ether oxygens (including phenoxy) is 3. The second-order valence-electron chi connectivity index (χ2n) is 3.66. The molecular weight excluding hydrogens is 262 g/mol. The van der Waals surface area contributed by atoms with Crippen molar-refractivity contribution in [3.8, 4) is 5.75 Å². The van der Waals surface area contributed by atoms with Crippen molar-refractivity contribution in [3.63, 3.8) is 0 Å². The number of rotatable bonds is 6. The smallest absolute Gasteiger partial charge is 0.355 e.